The summed E-state index contributed by atoms with van der Waals surface area (Å²) in [4.78, 5) is 0. The first-order chi connectivity index (χ1) is 1.00. The molecular formula is GdOSnZn. The summed E-state index contributed by atoms with van der Waals surface area (Å²) in [7, 11) is 0. The van der Waals surface area contributed by atoms with Gasteiger partial charge in [-0.25, -0.2) is 0 Å². The van der Waals surface area contributed by atoms with Crippen molar-refractivity contribution in [1.82, 2.24) is 0 Å². The monoisotopic (exact) mass is 358 g/mol. The quantitative estimate of drug-likeness (QED) is 0.534. The van der Waals surface area contributed by atoms with Crippen LogP contribution in [0.1, 0.15) is 0 Å². The summed E-state index contributed by atoms with van der Waals surface area (Å²) < 4.78 is 8.34. The smallest absolute Gasteiger partial charge is 0 e. The zero-order chi connectivity index (χ0) is 2.00. The van der Waals surface area contributed by atoms with Crippen molar-refractivity contribution in [3.8, 4) is 0 Å². The van der Waals surface area contributed by atoms with Gasteiger partial charge >= 0.3 is 25.6 Å². The maximum atomic E-state index is 8.34. The Bertz CT molecular complexity index is 8.00. The fourth-order valence-electron chi connectivity index (χ4n) is 0. The zero-order valence-electron chi connectivity index (χ0n) is 1.97. The van der Waals surface area contributed by atoms with Gasteiger partial charge in [0, 0.05) is 59.4 Å². The van der Waals surface area contributed by atoms with Gasteiger partial charge in [-0.05, 0) is 0 Å². The van der Waals surface area contributed by atoms with Crippen LogP contribution in [0.2, 0.25) is 0 Å². The predicted octanol–water partition coefficient (Wildman–Crippen LogP) is -0.502. The van der Waals surface area contributed by atoms with Crippen LogP contribution in [0, 0.1) is 39.9 Å². The molecule has 0 aliphatic heterocycles. The standard InChI is InChI=1S/Gd.O.Sn.Zn. The Labute approximate surface area is 83.2 Å². The van der Waals surface area contributed by atoms with Crippen LogP contribution >= 0.6 is 0 Å². The molecule has 2 radical (unpaired) electrons. The van der Waals surface area contributed by atoms with Crippen LogP contribution in [0.3, 0.4) is 0 Å². The second kappa shape index (κ2) is 17.7. The van der Waals surface area contributed by atoms with Crippen LogP contribution in [0.5, 0.6) is 0 Å². The maximum absolute atomic E-state index is 8.34. The van der Waals surface area contributed by atoms with Gasteiger partial charge in [-0.1, -0.05) is 0 Å². The Kier molecular flexibility index (Phi) is 70.8. The van der Waals surface area contributed by atoms with Gasteiger partial charge in [0.15, 0.2) is 0 Å². The zero-order valence-corrected chi connectivity index (χ0v) is 10.1. The van der Waals surface area contributed by atoms with E-state index in [2.05, 4.69) is 0 Å². The van der Waals surface area contributed by atoms with Crippen molar-refractivity contribution >= 4 is 22.5 Å². The molecule has 0 heterocycles. The molecule has 0 bridgehead atoms. The van der Waals surface area contributed by atoms with E-state index in [1.165, 1.54) is 0 Å². The number of rotatable bonds is 0. The van der Waals surface area contributed by atoms with Crippen molar-refractivity contribution in [1.29, 1.82) is 0 Å². The summed E-state index contributed by atoms with van der Waals surface area (Å²) >= 11 is 0.300. The molecule has 4 heavy (non-hydrogen) atoms. The molecule has 1 nitrogen and oxygen atoms in total. The number of hydrogen-bond donors (Lipinski definition) is 0. The fraction of sp³-hybridized carbons (Fsp3) is 0. The van der Waals surface area contributed by atoms with E-state index in [0.29, 0.717) is 22.5 Å². The third-order valence-corrected chi connectivity index (χ3v) is 0. The van der Waals surface area contributed by atoms with Crippen LogP contribution < -0.4 is 0 Å². The molecule has 0 spiro atoms. The van der Waals surface area contributed by atoms with E-state index < -0.39 is 0 Å². The second-order valence-electron chi connectivity index (χ2n) is 0. The molecular weight excluding hydrogens is 357 g/mol. The van der Waals surface area contributed by atoms with Gasteiger partial charge in [-0.3, -0.25) is 0 Å². The SMILES string of the molecule is [Gd].[O]=[Sn].[Zn]. The predicted molar refractivity (Wildman–Crippen MR) is 6.44 cm³/mol. The van der Waals surface area contributed by atoms with Crippen molar-refractivity contribution < 1.29 is 62.5 Å². The minimum atomic E-state index is 0. The molecule has 0 aromatic rings. The summed E-state index contributed by atoms with van der Waals surface area (Å²) in [6.45, 7) is 0. The fourth-order valence-corrected chi connectivity index (χ4v) is 0. The molecule has 0 aromatic carbocycles. The van der Waals surface area contributed by atoms with E-state index in [0.717, 1.165) is 0 Å². The molecule has 0 N–H and O–H groups in total. The summed E-state index contributed by atoms with van der Waals surface area (Å²) in [6.07, 6.45) is 0. The average Bonchev–Trinajstić information content (AvgIpc) is 1.00. The van der Waals surface area contributed by atoms with Crippen LogP contribution in [-0.2, 0) is 22.6 Å². The van der Waals surface area contributed by atoms with Crippen LogP contribution in [0.15, 0.2) is 0 Å². The molecule has 0 fully saturated rings. The van der Waals surface area contributed by atoms with E-state index in [1.54, 1.807) is 0 Å². The molecule has 0 rings (SSSR count). The molecule has 0 saturated carbocycles. The van der Waals surface area contributed by atoms with Crippen molar-refractivity contribution in [3.63, 3.8) is 0 Å². The van der Waals surface area contributed by atoms with Gasteiger partial charge in [0.1, 0.15) is 0 Å². The first-order valence-corrected chi connectivity index (χ1v) is 1.37. The van der Waals surface area contributed by atoms with Crippen molar-refractivity contribution in [2.75, 3.05) is 0 Å². The third-order valence-electron chi connectivity index (χ3n) is 0. The van der Waals surface area contributed by atoms with Gasteiger partial charge < -0.3 is 0 Å². The van der Waals surface area contributed by atoms with Crippen molar-refractivity contribution in [2.45, 2.75) is 0 Å². The minimum Gasteiger partial charge on any atom is 0 e. The normalized spacial score (nSPS) is 1.00. The minimum absolute atomic E-state index is 0. The molecule has 0 atom stereocenters. The van der Waals surface area contributed by atoms with Crippen LogP contribution in [0.4, 0.5) is 0 Å². The van der Waals surface area contributed by atoms with Gasteiger partial charge in [-0.15, -0.1) is 0 Å². The Balaban J connectivity index is -0.00000000500. The topological polar surface area (TPSA) is 17.1 Å². The first-order valence-electron chi connectivity index (χ1n) is 0.204. The van der Waals surface area contributed by atoms with E-state index in [9.17, 15) is 0 Å². The molecule has 0 unspecified atom stereocenters. The Morgan fingerprint density at radius 2 is 1.25 bits per heavy atom. The van der Waals surface area contributed by atoms with E-state index in [1.807, 2.05) is 0 Å². The molecule has 0 aromatic heterocycles. The van der Waals surface area contributed by atoms with E-state index in [-0.39, 0.29) is 59.4 Å². The second-order valence-corrected chi connectivity index (χ2v) is 0. The Morgan fingerprint density at radius 1 is 1.25 bits per heavy atom. The third kappa shape index (κ3) is 8.82. The molecule has 0 aliphatic rings. The number of hydrogen-bond acceptors (Lipinski definition) is 1. The average molecular weight is 357 g/mol. The van der Waals surface area contributed by atoms with Crippen LogP contribution in [-0.4, -0.2) is 22.5 Å². The van der Waals surface area contributed by atoms with Gasteiger partial charge in [0.05, 0.1) is 0 Å². The van der Waals surface area contributed by atoms with Crippen molar-refractivity contribution in [3.05, 3.63) is 0 Å². The van der Waals surface area contributed by atoms with Gasteiger partial charge in [-0.2, -0.15) is 0 Å². The van der Waals surface area contributed by atoms with E-state index in [4.69, 9.17) is 3.08 Å². The largest absolute Gasteiger partial charge is 0 e. The molecule has 20 valence electrons. The van der Waals surface area contributed by atoms with Gasteiger partial charge in [0.2, 0.25) is 0 Å². The molecule has 4 heteroatoms. The Hall–Kier alpha value is 2.55. The summed E-state index contributed by atoms with van der Waals surface area (Å²) in [5, 5.41) is 0. The summed E-state index contributed by atoms with van der Waals surface area (Å²) in [5.74, 6) is 0. The first kappa shape index (κ1) is 16.0. The maximum Gasteiger partial charge on any atom is 0 e. The molecule has 0 amide bonds. The Morgan fingerprint density at radius 3 is 1.25 bits per heavy atom. The summed E-state index contributed by atoms with van der Waals surface area (Å²) in [5.41, 5.74) is 0. The van der Waals surface area contributed by atoms with Crippen molar-refractivity contribution in [2.24, 2.45) is 0 Å². The van der Waals surface area contributed by atoms with Gasteiger partial charge in [0.25, 0.3) is 0 Å². The van der Waals surface area contributed by atoms with E-state index >= 15 is 0 Å². The van der Waals surface area contributed by atoms with Crippen LogP contribution in [0.25, 0.3) is 0 Å². The molecule has 0 aliphatic carbocycles. The summed E-state index contributed by atoms with van der Waals surface area (Å²) in [6, 6.07) is 0. The molecule has 0 saturated heterocycles.